The van der Waals surface area contributed by atoms with Crippen LogP contribution in [0.1, 0.15) is 61.9 Å². The molecule has 1 heterocycles. The van der Waals surface area contributed by atoms with Crippen LogP contribution in [0.15, 0.2) is 91.0 Å². The highest BCUT2D eigenvalue weighted by Gasteiger charge is 2.20. The second-order valence-corrected chi connectivity index (χ2v) is 10.2. The van der Waals surface area contributed by atoms with Crippen LogP contribution in [0, 0.1) is 0 Å². The number of pyridine rings is 1. The molecule has 0 saturated carbocycles. The quantitative estimate of drug-likeness (QED) is 0.0728. The third kappa shape index (κ3) is 8.07. The van der Waals surface area contributed by atoms with E-state index >= 15 is 0 Å². The van der Waals surface area contributed by atoms with Gasteiger partial charge in [0, 0.05) is 42.4 Å². The first-order valence-electron chi connectivity index (χ1n) is 14.7. The SMILES string of the molecule is CCCCCNC(=O)N(C)c1cccc(-c2cccc(Nc3ccccc3C(=O)c3ccccc3)c2OC(=O)CCC)n1. The van der Waals surface area contributed by atoms with Crippen LogP contribution in [0.5, 0.6) is 5.75 Å². The van der Waals surface area contributed by atoms with Gasteiger partial charge in [0.1, 0.15) is 5.82 Å². The average molecular weight is 579 g/mol. The Morgan fingerprint density at radius 1 is 0.791 bits per heavy atom. The molecule has 0 spiro atoms. The second-order valence-electron chi connectivity index (χ2n) is 10.2. The molecule has 0 aliphatic carbocycles. The van der Waals surface area contributed by atoms with Gasteiger partial charge in [-0.2, -0.15) is 0 Å². The highest BCUT2D eigenvalue weighted by Crippen LogP contribution is 2.39. The maximum absolute atomic E-state index is 13.4. The van der Waals surface area contributed by atoms with E-state index in [9.17, 15) is 14.4 Å². The Morgan fingerprint density at radius 2 is 1.51 bits per heavy atom. The number of ether oxygens (including phenoxy) is 1. The molecule has 8 nitrogen and oxygen atoms in total. The maximum Gasteiger partial charge on any atom is 0.322 e. The van der Waals surface area contributed by atoms with Crippen LogP contribution in [-0.4, -0.2) is 36.4 Å². The van der Waals surface area contributed by atoms with Crippen molar-refractivity contribution in [2.45, 2.75) is 46.0 Å². The lowest BCUT2D eigenvalue weighted by atomic mass is 10.0. The lowest BCUT2D eigenvalue weighted by molar-refractivity contribution is -0.134. The predicted molar refractivity (Wildman–Crippen MR) is 171 cm³/mol. The number of hydrogen-bond donors (Lipinski definition) is 2. The molecule has 0 fully saturated rings. The monoisotopic (exact) mass is 578 g/mol. The zero-order chi connectivity index (χ0) is 30.6. The summed E-state index contributed by atoms with van der Waals surface area (Å²) in [5.74, 6) is 0.230. The van der Waals surface area contributed by atoms with Gasteiger partial charge in [0.15, 0.2) is 11.5 Å². The minimum Gasteiger partial charge on any atom is -0.424 e. The number of carbonyl (C=O) groups is 3. The molecule has 4 aromatic rings. The van der Waals surface area contributed by atoms with E-state index in [0.717, 1.165) is 19.3 Å². The molecule has 8 heteroatoms. The highest BCUT2D eigenvalue weighted by atomic mass is 16.5. The summed E-state index contributed by atoms with van der Waals surface area (Å²) < 4.78 is 5.93. The number of carbonyl (C=O) groups excluding carboxylic acids is 3. The molecular weight excluding hydrogens is 540 g/mol. The topological polar surface area (TPSA) is 101 Å². The summed E-state index contributed by atoms with van der Waals surface area (Å²) >= 11 is 0. The molecular formula is C35H38N4O4. The largest absolute Gasteiger partial charge is 0.424 e. The summed E-state index contributed by atoms with van der Waals surface area (Å²) in [5, 5.41) is 6.27. The van der Waals surface area contributed by atoms with Crippen molar-refractivity contribution in [1.82, 2.24) is 10.3 Å². The van der Waals surface area contributed by atoms with E-state index < -0.39 is 0 Å². The number of urea groups is 1. The van der Waals surface area contributed by atoms with E-state index in [2.05, 4.69) is 17.6 Å². The normalized spacial score (nSPS) is 10.6. The van der Waals surface area contributed by atoms with Gasteiger partial charge in [-0.1, -0.05) is 81.3 Å². The van der Waals surface area contributed by atoms with Crippen LogP contribution in [0.3, 0.4) is 0 Å². The van der Waals surface area contributed by atoms with Gasteiger partial charge in [-0.25, -0.2) is 9.78 Å². The average Bonchev–Trinajstić information content (AvgIpc) is 3.04. The van der Waals surface area contributed by atoms with Gasteiger partial charge in [0.2, 0.25) is 0 Å². The van der Waals surface area contributed by atoms with Crippen LogP contribution < -0.4 is 20.3 Å². The summed E-state index contributed by atoms with van der Waals surface area (Å²) in [7, 11) is 1.67. The molecule has 3 aromatic carbocycles. The highest BCUT2D eigenvalue weighted by molar-refractivity contribution is 6.12. The fourth-order valence-corrected chi connectivity index (χ4v) is 4.55. The van der Waals surface area contributed by atoms with Crippen LogP contribution in [-0.2, 0) is 4.79 Å². The Hall–Kier alpha value is -4.98. The van der Waals surface area contributed by atoms with Crippen molar-refractivity contribution in [1.29, 1.82) is 0 Å². The number of nitrogens with one attached hydrogen (secondary N) is 2. The van der Waals surface area contributed by atoms with Gasteiger partial charge in [-0.05, 0) is 49.2 Å². The lowest BCUT2D eigenvalue weighted by Crippen LogP contribution is -2.38. The zero-order valence-corrected chi connectivity index (χ0v) is 24.9. The van der Waals surface area contributed by atoms with Gasteiger partial charge in [-0.15, -0.1) is 0 Å². The number of nitrogens with zero attached hydrogens (tertiary/aromatic N) is 2. The number of unbranched alkanes of at least 4 members (excludes halogenated alkanes) is 2. The number of anilines is 3. The van der Waals surface area contributed by atoms with E-state index in [1.807, 2.05) is 61.5 Å². The first-order chi connectivity index (χ1) is 20.9. The van der Waals surface area contributed by atoms with Crippen molar-refractivity contribution in [2.24, 2.45) is 0 Å². The van der Waals surface area contributed by atoms with E-state index in [1.165, 1.54) is 4.90 Å². The molecule has 0 saturated heterocycles. The van der Waals surface area contributed by atoms with Crippen LogP contribution >= 0.6 is 0 Å². The van der Waals surface area contributed by atoms with Crippen molar-refractivity contribution in [3.8, 4) is 17.0 Å². The number of benzene rings is 3. The first-order valence-corrected chi connectivity index (χ1v) is 14.7. The number of rotatable bonds is 13. The fraction of sp³-hybridized carbons (Fsp3) is 0.257. The Bertz CT molecular complexity index is 1550. The standard InChI is InChI=1S/C35H38N4O4/c1-4-6-12-24-36-35(42)39(3)31-23-14-21-29(38-31)27-19-13-22-30(34(27)43-32(40)15-5-2)37-28-20-11-10-18-26(28)33(41)25-16-8-7-9-17-25/h7-11,13-14,16-23,37H,4-6,12,15,24H2,1-3H3,(H,36,42). The molecule has 0 bridgehead atoms. The Labute approximate surface area is 253 Å². The Morgan fingerprint density at radius 3 is 2.28 bits per heavy atom. The van der Waals surface area contributed by atoms with Crippen LogP contribution in [0.25, 0.3) is 11.3 Å². The number of esters is 1. The van der Waals surface area contributed by atoms with E-state index in [0.29, 0.717) is 58.3 Å². The predicted octanol–water partition coefficient (Wildman–Crippen LogP) is 7.76. The van der Waals surface area contributed by atoms with Gasteiger partial charge in [0.05, 0.1) is 11.4 Å². The summed E-state index contributed by atoms with van der Waals surface area (Å²) in [6, 6.07) is 26.9. The third-order valence-electron chi connectivity index (χ3n) is 6.88. The second kappa shape index (κ2) is 15.3. The summed E-state index contributed by atoms with van der Waals surface area (Å²) in [4.78, 5) is 45.1. The third-order valence-corrected chi connectivity index (χ3v) is 6.88. The molecule has 0 radical (unpaired) electrons. The summed E-state index contributed by atoms with van der Waals surface area (Å²) in [6.45, 7) is 4.62. The van der Waals surface area contributed by atoms with Crippen molar-refractivity contribution in [3.05, 3.63) is 102 Å². The molecule has 0 aliphatic heterocycles. The molecule has 0 atom stereocenters. The molecule has 2 amide bonds. The minimum atomic E-state index is -0.383. The number of hydrogen-bond acceptors (Lipinski definition) is 6. The van der Waals surface area contributed by atoms with Gasteiger partial charge < -0.3 is 15.4 Å². The van der Waals surface area contributed by atoms with Crippen molar-refractivity contribution in [3.63, 3.8) is 0 Å². The van der Waals surface area contributed by atoms with Gasteiger partial charge in [-0.3, -0.25) is 14.5 Å². The molecule has 0 unspecified atom stereocenters. The van der Waals surface area contributed by atoms with E-state index in [-0.39, 0.29) is 24.2 Å². The number of aromatic nitrogens is 1. The molecule has 1 aromatic heterocycles. The van der Waals surface area contributed by atoms with E-state index in [4.69, 9.17) is 9.72 Å². The number of amides is 2. The van der Waals surface area contributed by atoms with Crippen LogP contribution in [0.2, 0.25) is 0 Å². The van der Waals surface area contributed by atoms with Crippen molar-refractivity contribution >= 4 is 35.0 Å². The summed E-state index contributed by atoms with van der Waals surface area (Å²) in [5.41, 5.74) is 3.22. The Balaban J connectivity index is 1.70. The van der Waals surface area contributed by atoms with Gasteiger partial charge in [0.25, 0.3) is 0 Å². The number of para-hydroxylation sites is 2. The number of ketones is 1. The molecule has 4 rings (SSSR count). The van der Waals surface area contributed by atoms with Crippen LogP contribution in [0.4, 0.5) is 22.0 Å². The lowest BCUT2D eigenvalue weighted by Gasteiger charge is -2.20. The maximum atomic E-state index is 13.4. The Kier molecular flexibility index (Phi) is 11.0. The smallest absolute Gasteiger partial charge is 0.322 e. The minimum absolute atomic E-state index is 0.130. The van der Waals surface area contributed by atoms with E-state index in [1.54, 1.807) is 43.4 Å². The van der Waals surface area contributed by atoms with Gasteiger partial charge >= 0.3 is 12.0 Å². The molecule has 222 valence electrons. The first kappa shape index (κ1) is 31.0. The van der Waals surface area contributed by atoms with Crippen molar-refractivity contribution < 1.29 is 19.1 Å². The molecule has 43 heavy (non-hydrogen) atoms. The fourth-order valence-electron chi connectivity index (χ4n) is 4.55. The van der Waals surface area contributed by atoms with Crippen molar-refractivity contribution in [2.75, 3.05) is 23.8 Å². The molecule has 2 N–H and O–H groups in total. The summed E-state index contributed by atoms with van der Waals surface area (Å²) in [6.07, 6.45) is 3.90. The molecule has 0 aliphatic rings. The zero-order valence-electron chi connectivity index (χ0n) is 24.9.